The molecule has 3 aromatic heterocycles. The fourth-order valence-corrected chi connectivity index (χ4v) is 8.90. The number of allylic oxidation sites excluding steroid dienone is 1. The summed E-state index contributed by atoms with van der Waals surface area (Å²) in [5, 5.41) is 9.77. The number of imide groups is 1. The van der Waals surface area contributed by atoms with E-state index in [1.54, 1.807) is 43.4 Å². The van der Waals surface area contributed by atoms with Gasteiger partial charge in [0.05, 0.1) is 49.4 Å². The number of ether oxygens (including phenoxy) is 2. The lowest BCUT2D eigenvalue weighted by Gasteiger charge is -2.35. The number of piperazine rings is 1. The summed E-state index contributed by atoms with van der Waals surface area (Å²) in [5.41, 5.74) is 3.81. The molecule has 1 saturated carbocycles. The zero-order valence-corrected chi connectivity index (χ0v) is 36.6. The predicted octanol–water partition coefficient (Wildman–Crippen LogP) is 4.39. The molecule has 0 bridgehead atoms. The Morgan fingerprint density at radius 2 is 1.70 bits per heavy atom. The lowest BCUT2D eigenvalue weighted by molar-refractivity contribution is -0.125. The van der Waals surface area contributed by atoms with Crippen LogP contribution in [0.25, 0.3) is 11.0 Å². The molecular formula is C46H57N11O7. The van der Waals surface area contributed by atoms with Gasteiger partial charge >= 0.3 is 0 Å². The largest absolute Gasteiger partial charge is 0.379 e. The molecule has 2 saturated heterocycles. The molecular weight excluding hydrogens is 819 g/mol. The molecule has 3 N–H and O–H groups in total. The van der Waals surface area contributed by atoms with Crippen molar-refractivity contribution in [1.29, 1.82) is 0 Å². The van der Waals surface area contributed by atoms with E-state index in [2.05, 4.69) is 52.9 Å². The second-order valence-corrected chi connectivity index (χ2v) is 16.9. The number of benzene rings is 1. The molecule has 1 atom stereocenters. The van der Waals surface area contributed by atoms with Gasteiger partial charge in [-0.15, -0.1) is 0 Å². The molecule has 1 aromatic carbocycles. The summed E-state index contributed by atoms with van der Waals surface area (Å²) in [5.74, 6) is -0.491. The van der Waals surface area contributed by atoms with Crippen LogP contribution in [0.5, 0.6) is 0 Å². The smallest absolute Gasteiger partial charge is 0.270 e. The van der Waals surface area contributed by atoms with Gasteiger partial charge in [-0.2, -0.15) is 4.98 Å². The highest BCUT2D eigenvalue weighted by atomic mass is 16.5. The summed E-state index contributed by atoms with van der Waals surface area (Å²) < 4.78 is 13.6. The topological polar surface area (TPSA) is 196 Å². The number of hydrogen-bond acceptors (Lipinski definition) is 14. The number of anilines is 4. The third kappa shape index (κ3) is 9.93. The monoisotopic (exact) mass is 875 g/mol. The maximum absolute atomic E-state index is 13.3. The highest BCUT2D eigenvalue weighted by molar-refractivity contribution is 6.25. The first-order valence-corrected chi connectivity index (χ1v) is 22.3. The number of fused-ring (bicyclic) bond motifs is 2. The van der Waals surface area contributed by atoms with Crippen molar-refractivity contribution in [3.8, 4) is 0 Å². The number of carbonyl (C=O) groups is 5. The molecule has 8 rings (SSSR count). The third-order valence-corrected chi connectivity index (χ3v) is 12.3. The number of piperidine rings is 1. The molecule has 3 fully saturated rings. The average Bonchev–Trinajstić information content (AvgIpc) is 4.02. The summed E-state index contributed by atoms with van der Waals surface area (Å²) in [6, 6.07) is 10.1. The van der Waals surface area contributed by atoms with E-state index >= 15 is 0 Å². The Balaban J connectivity index is 0.692. The van der Waals surface area contributed by atoms with Crippen molar-refractivity contribution < 1.29 is 33.4 Å². The SMILES string of the molecule is C=C1CCC(N2C(=O)c3cccc(NCC(=O)CCCOCCOCCN4CCN(c5ccc(Nc6ncc7cc(C(=O)N(C)C)n(C8CCCC8)c7n6)nc5)CC4)c3C2=O)C(=O)N1. The van der Waals surface area contributed by atoms with Crippen LogP contribution in [-0.2, 0) is 19.1 Å². The molecule has 18 heteroatoms. The third-order valence-electron chi connectivity index (χ3n) is 12.3. The van der Waals surface area contributed by atoms with Crippen LogP contribution in [0, 0.1) is 0 Å². The maximum Gasteiger partial charge on any atom is 0.270 e. The number of aromatic nitrogens is 4. The number of ketones is 1. The van der Waals surface area contributed by atoms with E-state index in [-0.39, 0.29) is 35.4 Å². The predicted molar refractivity (Wildman–Crippen MR) is 241 cm³/mol. The van der Waals surface area contributed by atoms with Crippen LogP contribution >= 0.6 is 0 Å². The maximum atomic E-state index is 13.3. The molecule has 6 heterocycles. The quantitative estimate of drug-likeness (QED) is 0.0886. The second kappa shape index (κ2) is 20.1. The highest BCUT2D eigenvalue weighted by Crippen LogP contribution is 2.36. The average molecular weight is 876 g/mol. The van der Waals surface area contributed by atoms with Crippen molar-refractivity contribution in [2.45, 2.75) is 63.5 Å². The van der Waals surface area contributed by atoms with Crippen LogP contribution in [0.2, 0.25) is 0 Å². The van der Waals surface area contributed by atoms with Crippen LogP contribution in [0.4, 0.5) is 23.1 Å². The van der Waals surface area contributed by atoms with Gasteiger partial charge in [0.15, 0.2) is 5.78 Å². The number of rotatable bonds is 19. The molecule has 1 aliphatic carbocycles. The van der Waals surface area contributed by atoms with E-state index in [4.69, 9.17) is 14.5 Å². The number of nitrogens with zero attached hydrogens (tertiary/aromatic N) is 8. The molecule has 0 spiro atoms. The second-order valence-electron chi connectivity index (χ2n) is 16.9. The normalized spacial score (nSPS) is 18.2. The molecule has 3 aliphatic heterocycles. The Hall–Kier alpha value is -6.24. The Bertz CT molecular complexity index is 2390. The molecule has 18 nitrogen and oxygen atoms in total. The van der Waals surface area contributed by atoms with E-state index in [1.165, 1.54) is 0 Å². The van der Waals surface area contributed by atoms with Gasteiger partial charge in [-0.05, 0) is 62.4 Å². The van der Waals surface area contributed by atoms with E-state index in [0.29, 0.717) is 81.0 Å². The van der Waals surface area contributed by atoms with Gasteiger partial charge < -0.3 is 39.8 Å². The van der Waals surface area contributed by atoms with Crippen LogP contribution < -0.4 is 20.9 Å². The van der Waals surface area contributed by atoms with E-state index < -0.39 is 23.8 Å². The van der Waals surface area contributed by atoms with Gasteiger partial charge in [0.2, 0.25) is 11.9 Å². The Morgan fingerprint density at radius 1 is 0.922 bits per heavy atom. The van der Waals surface area contributed by atoms with E-state index in [1.807, 2.05) is 18.3 Å². The first kappa shape index (κ1) is 44.4. The van der Waals surface area contributed by atoms with Crippen molar-refractivity contribution in [1.82, 2.24) is 39.5 Å². The number of hydrogen-bond donors (Lipinski definition) is 3. The first-order chi connectivity index (χ1) is 31.0. The summed E-state index contributed by atoms with van der Waals surface area (Å²) >= 11 is 0. The minimum atomic E-state index is -0.899. The fourth-order valence-electron chi connectivity index (χ4n) is 8.90. The summed E-state index contributed by atoms with van der Waals surface area (Å²) in [7, 11) is 3.54. The van der Waals surface area contributed by atoms with Crippen molar-refractivity contribution in [2.75, 3.05) is 95.3 Å². The van der Waals surface area contributed by atoms with Crippen LogP contribution in [-0.4, -0.2) is 149 Å². The molecule has 0 radical (unpaired) electrons. The number of nitrogens with one attached hydrogen (secondary N) is 3. The Labute approximate surface area is 372 Å². The van der Waals surface area contributed by atoms with Crippen molar-refractivity contribution in [3.63, 3.8) is 0 Å². The summed E-state index contributed by atoms with van der Waals surface area (Å²) in [6.07, 6.45) is 9.62. The summed E-state index contributed by atoms with van der Waals surface area (Å²) in [6.45, 7) is 10.1. The van der Waals surface area contributed by atoms with Crippen molar-refractivity contribution >= 4 is 63.6 Å². The molecule has 338 valence electrons. The molecule has 4 aromatic rings. The van der Waals surface area contributed by atoms with Gasteiger partial charge in [0.25, 0.3) is 17.7 Å². The van der Waals surface area contributed by atoms with E-state index in [9.17, 15) is 24.0 Å². The fraction of sp³-hybridized carbons (Fsp3) is 0.478. The van der Waals surface area contributed by atoms with E-state index in [0.717, 1.165) is 80.0 Å². The zero-order valence-electron chi connectivity index (χ0n) is 36.6. The van der Waals surface area contributed by atoms with Gasteiger partial charge in [-0.3, -0.25) is 33.8 Å². The molecule has 4 amide bonds. The highest BCUT2D eigenvalue weighted by Gasteiger charge is 2.45. The van der Waals surface area contributed by atoms with Gasteiger partial charge in [-0.1, -0.05) is 25.5 Å². The van der Waals surface area contributed by atoms with Crippen molar-refractivity contribution in [2.24, 2.45) is 0 Å². The van der Waals surface area contributed by atoms with Gasteiger partial charge in [0, 0.05) is 88.9 Å². The number of Topliss-reactive ketones (excluding diaryl/α,β-unsaturated/α-hetero) is 1. The number of carbonyl (C=O) groups excluding carboxylic acids is 5. The van der Waals surface area contributed by atoms with Gasteiger partial charge in [-0.25, -0.2) is 9.97 Å². The molecule has 1 unspecified atom stereocenters. The standard InChI is InChI=1S/C46H57N11O7/c1-30-13-15-37(42(59)50-30)57-43(60)35-11-6-12-36(40(35)45(57)62)47-29-34(58)10-7-22-63-24-25-64-23-21-54-17-19-55(20-18-54)33-14-16-39(48-28-33)51-46-49-27-31-26-38(44(61)53(2)3)56(41(31)52-46)32-8-4-5-9-32/h6,11-12,14,16,26-28,32,37,47H,1,4-5,7-10,13,15,17-25,29H2,2-3H3,(H,50,59)(H,48,49,51,52). The lowest BCUT2D eigenvalue weighted by Crippen LogP contribution is -2.51. The minimum absolute atomic E-state index is 0.00597. The summed E-state index contributed by atoms with van der Waals surface area (Å²) in [4.78, 5) is 86.1. The van der Waals surface area contributed by atoms with Crippen LogP contribution in [0.3, 0.4) is 0 Å². The lowest BCUT2D eigenvalue weighted by atomic mass is 10.0. The Morgan fingerprint density at radius 3 is 2.44 bits per heavy atom. The minimum Gasteiger partial charge on any atom is -0.379 e. The first-order valence-electron chi connectivity index (χ1n) is 22.3. The molecule has 4 aliphatic rings. The van der Waals surface area contributed by atoms with Crippen LogP contribution in [0.15, 0.2) is 61.1 Å². The van der Waals surface area contributed by atoms with Gasteiger partial charge in [0.1, 0.15) is 23.2 Å². The molecule has 64 heavy (non-hydrogen) atoms. The number of amides is 4. The Kier molecular flexibility index (Phi) is 13.9. The number of pyridine rings is 1. The van der Waals surface area contributed by atoms with Crippen LogP contribution in [0.1, 0.15) is 88.6 Å². The van der Waals surface area contributed by atoms with Crippen molar-refractivity contribution in [3.05, 3.63) is 77.9 Å². The zero-order chi connectivity index (χ0) is 44.7.